The van der Waals surface area contributed by atoms with Crippen LogP contribution < -0.4 is 9.88 Å². The van der Waals surface area contributed by atoms with Gasteiger partial charge in [-0.2, -0.15) is 0 Å². The third-order valence-electron chi connectivity index (χ3n) is 4.39. The number of hydroxylamine groups is 2. The van der Waals surface area contributed by atoms with E-state index in [9.17, 15) is 18.4 Å². The zero-order valence-electron chi connectivity index (χ0n) is 16.4. The van der Waals surface area contributed by atoms with Crippen LogP contribution in [0, 0.1) is 0 Å². The number of amides is 1. The smallest absolute Gasteiger partial charge is 0.246 e. The maximum Gasteiger partial charge on any atom is 0.246 e. The lowest BCUT2D eigenvalue weighted by atomic mass is 10.1. The molecule has 0 fully saturated rings. The van der Waals surface area contributed by atoms with Gasteiger partial charge in [0.25, 0.3) is 0 Å². The number of sulfonamides is 1. The summed E-state index contributed by atoms with van der Waals surface area (Å²) in [4.78, 5) is 16.1. The van der Waals surface area contributed by atoms with E-state index in [1.54, 1.807) is 49.6 Å². The van der Waals surface area contributed by atoms with Gasteiger partial charge in [-0.3, -0.25) is 10.0 Å². The summed E-state index contributed by atoms with van der Waals surface area (Å²) in [5.74, 6) is 0.566. The number of methoxy groups -OCH3 is 1. The topological polar surface area (TPSA) is 136 Å². The van der Waals surface area contributed by atoms with E-state index < -0.39 is 15.9 Å². The first-order valence-electron chi connectivity index (χ1n) is 8.92. The Balaban J connectivity index is 2.12. The van der Waals surface area contributed by atoms with Crippen LogP contribution in [0.1, 0.15) is 12.3 Å². The molecule has 1 heterocycles. The highest BCUT2D eigenvalue weighted by Gasteiger charge is 2.23. The molecule has 0 spiro atoms. The van der Waals surface area contributed by atoms with Crippen molar-refractivity contribution in [1.82, 2.24) is 10.0 Å². The number of ether oxygens (including phenoxy) is 1. The second kappa shape index (κ2) is 8.66. The fourth-order valence-electron chi connectivity index (χ4n) is 2.88. The normalized spacial score (nSPS) is 11.3. The van der Waals surface area contributed by atoms with Crippen molar-refractivity contribution in [2.45, 2.75) is 17.7 Å². The van der Waals surface area contributed by atoms with Gasteiger partial charge in [0.2, 0.25) is 15.9 Å². The number of rotatable bonds is 7. The SMILES string of the molecule is COc1ccc(-c2nc(CCC(=O)N(C)O)oc2-c2ccccc2S(N)(=O)=O)cc1. The molecule has 1 amide bonds. The molecule has 0 aliphatic rings. The zero-order chi connectivity index (χ0) is 21.9. The van der Waals surface area contributed by atoms with Crippen LogP contribution in [0.3, 0.4) is 0 Å². The highest BCUT2D eigenvalue weighted by molar-refractivity contribution is 7.89. The van der Waals surface area contributed by atoms with Gasteiger partial charge in [-0.25, -0.2) is 23.6 Å². The fraction of sp³-hybridized carbons (Fsp3) is 0.200. The molecule has 0 atom stereocenters. The number of primary sulfonamides is 1. The summed E-state index contributed by atoms with van der Waals surface area (Å²) in [5, 5.41) is 15.1. The molecule has 0 saturated carbocycles. The number of nitrogens with zero attached hydrogens (tertiary/aromatic N) is 2. The Morgan fingerprint density at radius 2 is 1.87 bits per heavy atom. The molecule has 30 heavy (non-hydrogen) atoms. The van der Waals surface area contributed by atoms with E-state index in [2.05, 4.69) is 4.98 Å². The van der Waals surface area contributed by atoms with Crippen LogP contribution in [-0.2, 0) is 21.2 Å². The van der Waals surface area contributed by atoms with Crippen molar-refractivity contribution in [2.24, 2.45) is 5.14 Å². The Morgan fingerprint density at radius 3 is 2.47 bits per heavy atom. The molecule has 3 rings (SSSR count). The van der Waals surface area contributed by atoms with Gasteiger partial charge < -0.3 is 9.15 Å². The molecule has 0 radical (unpaired) electrons. The second-order valence-corrected chi connectivity index (χ2v) is 8.00. The maximum atomic E-state index is 12.1. The quantitative estimate of drug-likeness (QED) is 0.433. The van der Waals surface area contributed by atoms with Crippen molar-refractivity contribution in [3.63, 3.8) is 0 Å². The third-order valence-corrected chi connectivity index (χ3v) is 5.36. The highest BCUT2D eigenvalue weighted by Crippen LogP contribution is 2.36. The molecule has 1 aromatic heterocycles. The molecule has 0 saturated heterocycles. The van der Waals surface area contributed by atoms with Crippen molar-refractivity contribution in [1.29, 1.82) is 0 Å². The minimum absolute atomic E-state index is 0.0359. The minimum Gasteiger partial charge on any atom is -0.497 e. The van der Waals surface area contributed by atoms with Crippen LogP contribution in [0.25, 0.3) is 22.6 Å². The molecule has 0 aliphatic carbocycles. The second-order valence-electron chi connectivity index (χ2n) is 6.47. The van der Waals surface area contributed by atoms with Gasteiger partial charge >= 0.3 is 0 Å². The van der Waals surface area contributed by atoms with Gasteiger partial charge in [0.05, 0.1) is 12.0 Å². The Kier molecular flexibility index (Phi) is 6.20. The average molecular weight is 431 g/mol. The van der Waals surface area contributed by atoms with Crippen LogP contribution >= 0.6 is 0 Å². The number of carbonyl (C=O) groups excluding carboxylic acids is 1. The Bertz CT molecular complexity index is 1150. The van der Waals surface area contributed by atoms with Gasteiger partial charge in [-0.1, -0.05) is 12.1 Å². The van der Waals surface area contributed by atoms with Crippen LogP contribution in [-0.4, -0.2) is 43.7 Å². The van der Waals surface area contributed by atoms with Crippen LogP contribution in [0.15, 0.2) is 57.8 Å². The summed E-state index contributed by atoms with van der Waals surface area (Å²) >= 11 is 0. The van der Waals surface area contributed by atoms with Crippen molar-refractivity contribution >= 4 is 15.9 Å². The van der Waals surface area contributed by atoms with E-state index in [1.807, 2.05) is 0 Å². The van der Waals surface area contributed by atoms with Crippen molar-refractivity contribution < 1.29 is 27.6 Å². The third kappa shape index (κ3) is 4.67. The number of aryl methyl sites for hydroxylation is 1. The van der Waals surface area contributed by atoms with Gasteiger partial charge in [-0.15, -0.1) is 0 Å². The molecule has 10 heteroatoms. The molecule has 0 unspecified atom stereocenters. The van der Waals surface area contributed by atoms with Gasteiger partial charge in [-0.05, 0) is 36.4 Å². The fourth-order valence-corrected chi connectivity index (χ4v) is 3.61. The number of oxazole rings is 1. The van der Waals surface area contributed by atoms with Gasteiger partial charge in [0, 0.05) is 31.0 Å². The van der Waals surface area contributed by atoms with Crippen molar-refractivity contribution in [3.8, 4) is 28.3 Å². The van der Waals surface area contributed by atoms with Crippen molar-refractivity contribution in [3.05, 3.63) is 54.4 Å². The Morgan fingerprint density at radius 1 is 1.20 bits per heavy atom. The van der Waals surface area contributed by atoms with E-state index in [1.165, 1.54) is 13.1 Å². The van der Waals surface area contributed by atoms with Gasteiger partial charge in [0.1, 0.15) is 11.4 Å². The Hall–Kier alpha value is -3.21. The number of nitrogens with two attached hydrogens (primary N) is 1. The number of benzene rings is 2. The van der Waals surface area contributed by atoms with E-state index in [4.69, 9.17) is 14.3 Å². The molecular weight excluding hydrogens is 410 g/mol. The van der Waals surface area contributed by atoms with Crippen molar-refractivity contribution in [2.75, 3.05) is 14.2 Å². The summed E-state index contributed by atoms with van der Waals surface area (Å²) in [6.07, 6.45) is 0.0796. The minimum atomic E-state index is -4.02. The predicted octanol–water partition coefficient (Wildman–Crippen LogP) is 2.44. The summed E-state index contributed by atoms with van der Waals surface area (Å²) in [6, 6.07) is 13.2. The van der Waals surface area contributed by atoms with E-state index >= 15 is 0 Å². The van der Waals surface area contributed by atoms with Crippen LogP contribution in [0.2, 0.25) is 0 Å². The van der Waals surface area contributed by atoms with E-state index in [-0.39, 0.29) is 35.0 Å². The van der Waals surface area contributed by atoms with E-state index in [0.29, 0.717) is 22.1 Å². The summed E-state index contributed by atoms with van der Waals surface area (Å²) in [6.45, 7) is 0. The molecular formula is C20H21N3O6S. The average Bonchev–Trinajstić information content (AvgIpc) is 3.15. The molecule has 9 nitrogen and oxygen atoms in total. The largest absolute Gasteiger partial charge is 0.497 e. The monoisotopic (exact) mass is 431 g/mol. The zero-order valence-corrected chi connectivity index (χ0v) is 17.2. The first-order valence-corrected chi connectivity index (χ1v) is 10.5. The summed E-state index contributed by atoms with van der Waals surface area (Å²) in [7, 11) is -1.24. The van der Waals surface area contributed by atoms with Crippen LogP contribution in [0.4, 0.5) is 0 Å². The maximum absolute atomic E-state index is 12.1. The standard InChI is InChI=1S/C20H21N3O6S/c1-23(25)18(24)12-11-17-22-19(13-7-9-14(28-2)10-8-13)20(29-17)15-5-3-4-6-16(15)30(21,26)27/h3-10,25H,11-12H2,1-2H3,(H2,21,26,27). The molecule has 0 bridgehead atoms. The lowest BCUT2D eigenvalue weighted by Crippen LogP contribution is -2.22. The summed E-state index contributed by atoms with van der Waals surface area (Å²) < 4.78 is 35.2. The molecule has 3 N–H and O–H groups in total. The molecule has 0 aliphatic heterocycles. The van der Waals surface area contributed by atoms with Crippen LogP contribution in [0.5, 0.6) is 5.75 Å². The number of hydrogen-bond donors (Lipinski definition) is 2. The summed E-state index contributed by atoms with van der Waals surface area (Å²) in [5.41, 5.74) is 1.32. The first kappa shape index (κ1) is 21.5. The molecule has 2 aromatic carbocycles. The highest BCUT2D eigenvalue weighted by atomic mass is 32.2. The number of carbonyl (C=O) groups is 1. The van der Waals surface area contributed by atoms with E-state index in [0.717, 1.165) is 0 Å². The number of aromatic nitrogens is 1. The predicted molar refractivity (Wildman–Crippen MR) is 108 cm³/mol. The lowest BCUT2D eigenvalue weighted by molar-refractivity contribution is -0.159. The first-order chi connectivity index (χ1) is 14.2. The van der Waals surface area contributed by atoms with Gasteiger partial charge in [0.15, 0.2) is 11.7 Å². The molecule has 158 valence electrons. The Labute approximate surface area is 173 Å². The molecule has 3 aromatic rings. The lowest BCUT2D eigenvalue weighted by Gasteiger charge is -2.07. The number of hydrogen-bond acceptors (Lipinski definition) is 7.